The van der Waals surface area contributed by atoms with Crippen LogP contribution in [0.5, 0.6) is 0 Å². The van der Waals surface area contributed by atoms with E-state index in [0.29, 0.717) is 12.3 Å². The summed E-state index contributed by atoms with van der Waals surface area (Å²) in [6, 6.07) is 18.9. The second-order valence-corrected chi connectivity index (χ2v) is 6.03. The molecule has 2 aromatic carbocycles. The molecule has 2 amide bonds. The molecule has 0 aliphatic carbocycles. The van der Waals surface area contributed by atoms with Crippen LogP contribution in [0.4, 0.5) is 10.5 Å². The number of pyridine rings is 1. The van der Waals surface area contributed by atoms with Gasteiger partial charge in [-0.2, -0.15) is 0 Å². The first-order valence-corrected chi connectivity index (χ1v) is 8.54. The van der Waals surface area contributed by atoms with Gasteiger partial charge < -0.3 is 10.3 Å². The summed E-state index contributed by atoms with van der Waals surface area (Å²) in [7, 11) is 0. The van der Waals surface area contributed by atoms with Gasteiger partial charge in [-0.1, -0.05) is 36.4 Å². The van der Waals surface area contributed by atoms with Gasteiger partial charge in [0, 0.05) is 40.7 Å². The molecule has 0 saturated heterocycles. The molecular weight excluding hydrogens is 340 g/mol. The molecule has 0 unspecified atom stereocenters. The number of amides is 2. The van der Waals surface area contributed by atoms with Crippen molar-refractivity contribution in [2.24, 2.45) is 0 Å². The summed E-state index contributed by atoms with van der Waals surface area (Å²) >= 11 is 0. The molecule has 0 aliphatic heterocycles. The summed E-state index contributed by atoms with van der Waals surface area (Å²) < 4.78 is 0. The van der Waals surface area contributed by atoms with E-state index < -0.39 is 6.03 Å². The second-order valence-electron chi connectivity index (χ2n) is 6.03. The first-order valence-electron chi connectivity index (χ1n) is 8.54. The number of hydroxylamine groups is 1. The number of aromatic amines is 1. The topological polar surface area (TPSA) is 79.0 Å². The molecule has 0 atom stereocenters. The zero-order valence-corrected chi connectivity index (χ0v) is 14.5. The Morgan fingerprint density at radius 3 is 2.67 bits per heavy atom. The number of aromatic nitrogens is 2. The van der Waals surface area contributed by atoms with Gasteiger partial charge in [-0.05, 0) is 35.4 Å². The molecule has 2 heterocycles. The maximum Gasteiger partial charge on any atom is 0.343 e. The SMILES string of the molecule is O=C(NOCc1ccccc1)Nc1ccc2c(-c3ccncc3)c[nH]c2c1. The van der Waals surface area contributed by atoms with Crippen LogP contribution in [0.1, 0.15) is 5.56 Å². The van der Waals surface area contributed by atoms with Crippen molar-refractivity contribution in [2.45, 2.75) is 6.61 Å². The van der Waals surface area contributed by atoms with Crippen LogP contribution in [0, 0.1) is 0 Å². The van der Waals surface area contributed by atoms with E-state index in [9.17, 15) is 4.79 Å². The van der Waals surface area contributed by atoms with E-state index in [1.165, 1.54) is 0 Å². The third kappa shape index (κ3) is 3.96. The number of benzene rings is 2. The lowest BCUT2D eigenvalue weighted by atomic mass is 10.1. The molecule has 3 N–H and O–H groups in total. The first-order chi connectivity index (χ1) is 13.3. The van der Waals surface area contributed by atoms with E-state index in [0.717, 1.165) is 27.6 Å². The molecule has 134 valence electrons. The van der Waals surface area contributed by atoms with E-state index in [4.69, 9.17) is 4.84 Å². The standard InChI is InChI=1S/C21H18N4O2/c26-21(25-27-14-15-4-2-1-3-5-15)24-17-6-7-18-19(13-23-20(18)12-17)16-8-10-22-11-9-16/h1-13,23H,14H2,(H2,24,25,26). The summed E-state index contributed by atoms with van der Waals surface area (Å²) in [6.45, 7) is 0.305. The highest BCUT2D eigenvalue weighted by Gasteiger charge is 2.08. The fourth-order valence-electron chi connectivity index (χ4n) is 2.89. The molecule has 2 aromatic heterocycles. The molecule has 0 bridgehead atoms. The monoisotopic (exact) mass is 358 g/mol. The third-order valence-corrected chi connectivity index (χ3v) is 4.18. The zero-order valence-electron chi connectivity index (χ0n) is 14.5. The minimum Gasteiger partial charge on any atom is -0.360 e. The van der Waals surface area contributed by atoms with Crippen molar-refractivity contribution in [3.05, 3.63) is 84.8 Å². The zero-order chi connectivity index (χ0) is 18.5. The van der Waals surface area contributed by atoms with Gasteiger partial charge in [0.2, 0.25) is 0 Å². The molecule has 0 fully saturated rings. The normalized spacial score (nSPS) is 10.7. The van der Waals surface area contributed by atoms with Gasteiger partial charge >= 0.3 is 6.03 Å². The molecule has 0 saturated carbocycles. The molecular formula is C21H18N4O2. The van der Waals surface area contributed by atoms with E-state index >= 15 is 0 Å². The highest BCUT2D eigenvalue weighted by atomic mass is 16.7. The van der Waals surface area contributed by atoms with Crippen LogP contribution in [0.25, 0.3) is 22.0 Å². The quantitative estimate of drug-likeness (QED) is 0.460. The number of carbonyl (C=O) groups is 1. The Kier molecular flexibility index (Phi) is 4.80. The Bertz CT molecular complexity index is 1050. The Labute approximate surface area is 156 Å². The van der Waals surface area contributed by atoms with Crippen LogP contribution in [-0.2, 0) is 11.4 Å². The van der Waals surface area contributed by atoms with Crippen molar-refractivity contribution in [1.29, 1.82) is 0 Å². The maximum atomic E-state index is 12.0. The average molecular weight is 358 g/mol. The van der Waals surface area contributed by atoms with Crippen molar-refractivity contribution in [2.75, 3.05) is 5.32 Å². The smallest absolute Gasteiger partial charge is 0.343 e. The lowest BCUT2D eigenvalue weighted by Crippen LogP contribution is -2.28. The van der Waals surface area contributed by atoms with Gasteiger partial charge in [0.15, 0.2) is 0 Å². The minimum atomic E-state index is -0.425. The van der Waals surface area contributed by atoms with Crippen LogP contribution < -0.4 is 10.8 Å². The number of hydrogen-bond donors (Lipinski definition) is 3. The third-order valence-electron chi connectivity index (χ3n) is 4.18. The van der Waals surface area contributed by atoms with Gasteiger partial charge in [0.05, 0.1) is 6.61 Å². The van der Waals surface area contributed by atoms with E-state index in [1.807, 2.05) is 66.9 Å². The van der Waals surface area contributed by atoms with E-state index in [1.54, 1.807) is 12.4 Å². The number of carbonyl (C=O) groups excluding carboxylic acids is 1. The number of nitrogens with one attached hydrogen (secondary N) is 3. The van der Waals surface area contributed by atoms with Crippen molar-refractivity contribution < 1.29 is 9.63 Å². The summed E-state index contributed by atoms with van der Waals surface area (Å²) in [4.78, 5) is 24.5. The predicted molar refractivity (Wildman–Crippen MR) is 105 cm³/mol. The lowest BCUT2D eigenvalue weighted by Gasteiger charge is -2.08. The van der Waals surface area contributed by atoms with Crippen LogP contribution in [-0.4, -0.2) is 16.0 Å². The summed E-state index contributed by atoms with van der Waals surface area (Å²) in [5, 5.41) is 3.84. The minimum absolute atomic E-state index is 0.305. The fourth-order valence-corrected chi connectivity index (χ4v) is 2.89. The Morgan fingerprint density at radius 2 is 1.85 bits per heavy atom. The molecule has 6 heteroatoms. The van der Waals surface area contributed by atoms with Crippen LogP contribution >= 0.6 is 0 Å². The number of hydrogen-bond acceptors (Lipinski definition) is 3. The average Bonchev–Trinajstić information content (AvgIpc) is 3.13. The van der Waals surface area contributed by atoms with Gasteiger partial charge in [-0.25, -0.2) is 10.3 Å². The largest absolute Gasteiger partial charge is 0.360 e. The number of H-pyrrole nitrogens is 1. The number of fused-ring (bicyclic) bond motifs is 1. The van der Waals surface area contributed by atoms with Crippen molar-refractivity contribution in [1.82, 2.24) is 15.4 Å². The Morgan fingerprint density at radius 1 is 1.04 bits per heavy atom. The number of urea groups is 1. The highest BCUT2D eigenvalue weighted by Crippen LogP contribution is 2.29. The Balaban J connectivity index is 1.40. The van der Waals surface area contributed by atoms with Gasteiger partial charge in [0.25, 0.3) is 0 Å². The molecule has 4 rings (SSSR count). The fraction of sp³-hybridized carbons (Fsp3) is 0.0476. The van der Waals surface area contributed by atoms with Crippen LogP contribution in [0.3, 0.4) is 0 Å². The summed E-state index contributed by atoms with van der Waals surface area (Å²) in [6.07, 6.45) is 5.49. The van der Waals surface area contributed by atoms with Gasteiger partial charge in [0.1, 0.15) is 0 Å². The second kappa shape index (κ2) is 7.72. The maximum absolute atomic E-state index is 12.0. The molecule has 4 aromatic rings. The van der Waals surface area contributed by atoms with Crippen molar-refractivity contribution in [3.8, 4) is 11.1 Å². The number of rotatable bonds is 5. The number of nitrogens with zero attached hydrogens (tertiary/aromatic N) is 1. The first kappa shape index (κ1) is 16.8. The predicted octanol–water partition coefficient (Wildman–Crippen LogP) is 4.48. The molecule has 27 heavy (non-hydrogen) atoms. The van der Waals surface area contributed by atoms with Crippen molar-refractivity contribution in [3.63, 3.8) is 0 Å². The molecule has 0 aliphatic rings. The highest BCUT2D eigenvalue weighted by molar-refractivity contribution is 5.98. The van der Waals surface area contributed by atoms with Crippen LogP contribution in [0.2, 0.25) is 0 Å². The van der Waals surface area contributed by atoms with Crippen LogP contribution in [0.15, 0.2) is 79.3 Å². The molecule has 0 radical (unpaired) electrons. The van der Waals surface area contributed by atoms with Crippen molar-refractivity contribution >= 4 is 22.6 Å². The summed E-state index contributed by atoms with van der Waals surface area (Å²) in [5.74, 6) is 0. The lowest BCUT2D eigenvalue weighted by molar-refractivity contribution is 0.0536. The Hall–Kier alpha value is -3.64. The van der Waals surface area contributed by atoms with Gasteiger partial charge in [-0.3, -0.25) is 9.82 Å². The van der Waals surface area contributed by atoms with E-state index in [2.05, 4.69) is 20.8 Å². The summed E-state index contributed by atoms with van der Waals surface area (Å²) in [5.41, 5.74) is 7.16. The molecule has 6 nitrogen and oxygen atoms in total. The number of anilines is 1. The van der Waals surface area contributed by atoms with E-state index in [-0.39, 0.29) is 0 Å². The van der Waals surface area contributed by atoms with Gasteiger partial charge in [-0.15, -0.1) is 0 Å². The molecule has 0 spiro atoms.